The zero-order valence-corrected chi connectivity index (χ0v) is 32.8. The number of carbonyl (C=O) groups excluding carboxylic acids is 5. The number of fused-ring (bicyclic) bond motifs is 1. The van der Waals surface area contributed by atoms with Gasteiger partial charge in [0.1, 0.15) is 23.3 Å². The van der Waals surface area contributed by atoms with E-state index < -0.39 is 58.6 Å². The summed E-state index contributed by atoms with van der Waals surface area (Å²) in [6.07, 6.45) is 3.21. The molecule has 2 N–H and O–H groups in total. The average molecular weight is 729 g/mol. The van der Waals surface area contributed by atoms with E-state index in [4.69, 9.17) is 9.47 Å². The Kier molecular flexibility index (Phi) is 14.4. The number of likely N-dealkylation sites (N-methyl/N-ethyl adjacent to an activating group) is 2. The van der Waals surface area contributed by atoms with Crippen LogP contribution in [0.5, 0.6) is 0 Å². The first kappa shape index (κ1) is 42.2. The first-order chi connectivity index (χ1) is 24.7. The molecule has 0 radical (unpaired) electrons. The summed E-state index contributed by atoms with van der Waals surface area (Å²) in [7, 11) is 3.14. The lowest BCUT2D eigenvalue weighted by atomic mass is 9.98. The van der Waals surface area contributed by atoms with Crippen molar-refractivity contribution in [3.05, 3.63) is 96.1 Å². The third-order valence-electron chi connectivity index (χ3n) is 8.57. The Morgan fingerprint density at radius 1 is 0.736 bits per heavy atom. The number of hydrogen-bond donors (Lipinski definition) is 2. The van der Waals surface area contributed by atoms with Crippen molar-refractivity contribution in [3.63, 3.8) is 0 Å². The second-order valence-corrected chi connectivity index (χ2v) is 15.7. The smallest absolute Gasteiger partial charge is 0.408 e. The zero-order valence-electron chi connectivity index (χ0n) is 32.8. The van der Waals surface area contributed by atoms with Crippen LogP contribution in [0, 0.1) is 0 Å². The maximum atomic E-state index is 14.6. The van der Waals surface area contributed by atoms with Crippen molar-refractivity contribution in [1.29, 1.82) is 0 Å². The minimum Gasteiger partial charge on any atom is -0.458 e. The molecule has 0 bridgehead atoms. The minimum absolute atomic E-state index is 0.0293. The molecule has 0 aromatic heterocycles. The highest BCUT2D eigenvalue weighted by Crippen LogP contribution is 2.21. The van der Waals surface area contributed by atoms with Crippen LogP contribution in [0.1, 0.15) is 72.9 Å². The predicted octanol–water partition coefficient (Wildman–Crippen LogP) is 5.99. The van der Waals surface area contributed by atoms with Crippen molar-refractivity contribution in [3.8, 4) is 0 Å². The normalized spacial score (nSPS) is 13.2. The molecule has 11 heteroatoms. The lowest BCUT2D eigenvalue weighted by Crippen LogP contribution is -2.57. The molecule has 3 rings (SSSR count). The van der Waals surface area contributed by atoms with Crippen LogP contribution in [0.25, 0.3) is 10.8 Å². The quantitative estimate of drug-likeness (QED) is 0.145. The van der Waals surface area contributed by atoms with Crippen molar-refractivity contribution in [2.24, 2.45) is 0 Å². The molecular weight excluding hydrogens is 672 g/mol. The van der Waals surface area contributed by atoms with Gasteiger partial charge >= 0.3 is 12.1 Å². The molecule has 0 aliphatic carbocycles. The zero-order chi connectivity index (χ0) is 39.6. The number of esters is 1. The fraction of sp³-hybridized carbons (Fsp3) is 0.452. The van der Waals surface area contributed by atoms with Crippen molar-refractivity contribution in [2.45, 2.75) is 103 Å². The highest BCUT2D eigenvalue weighted by molar-refractivity contribution is 5.95. The monoisotopic (exact) mass is 728 g/mol. The molecular formula is C42H56N4O7. The van der Waals surface area contributed by atoms with Gasteiger partial charge in [-0.25, -0.2) is 4.79 Å². The van der Waals surface area contributed by atoms with Crippen molar-refractivity contribution in [2.75, 3.05) is 20.6 Å². The first-order valence-electron chi connectivity index (χ1n) is 17.9. The molecule has 3 aromatic carbocycles. The van der Waals surface area contributed by atoms with Crippen LogP contribution in [0.4, 0.5) is 4.79 Å². The Bertz CT molecular complexity index is 1780. The van der Waals surface area contributed by atoms with Gasteiger partial charge in [0.25, 0.3) is 0 Å². The molecule has 11 nitrogen and oxygen atoms in total. The van der Waals surface area contributed by atoms with Crippen LogP contribution in [0.3, 0.4) is 0 Å². The number of hydrogen-bond acceptors (Lipinski definition) is 7. The van der Waals surface area contributed by atoms with E-state index in [1.165, 1.54) is 22.8 Å². The molecule has 0 aliphatic heterocycles. The van der Waals surface area contributed by atoms with E-state index in [9.17, 15) is 24.0 Å². The van der Waals surface area contributed by atoms with E-state index in [0.717, 1.165) is 21.9 Å². The summed E-state index contributed by atoms with van der Waals surface area (Å²) < 4.78 is 10.7. The molecule has 53 heavy (non-hydrogen) atoms. The highest BCUT2D eigenvalue weighted by atomic mass is 16.6. The lowest BCUT2D eigenvalue weighted by Gasteiger charge is -2.35. The van der Waals surface area contributed by atoms with Crippen LogP contribution in [-0.2, 0) is 41.5 Å². The number of carbonyl (C=O) groups is 5. The Labute approximate surface area is 314 Å². The molecule has 0 fully saturated rings. The number of rotatable bonds is 15. The Balaban J connectivity index is 1.92. The minimum atomic E-state index is -0.977. The Morgan fingerprint density at radius 2 is 1.34 bits per heavy atom. The number of amides is 4. The van der Waals surface area contributed by atoms with Crippen LogP contribution in [0.2, 0.25) is 0 Å². The summed E-state index contributed by atoms with van der Waals surface area (Å²) in [5.41, 5.74) is -0.673. The van der Waals surface area contributed by atoms with E-state index >= 15 is 0 Å². The van der Waals surface area contributed by atoms with Gasteiger partial charge in [0.05, 0.1) is 6.54 Å². The number of nitrogens with zero attached hydrogens (tertiary/aromatic N) is 2. The second kappa shape index (κ2) is 18.0. The number of nitrogens with one attached hydrogen (secondary N) is 2. The van der Waals surface area contributed by atoms with E-state index in [-0.39, 0.29) is 19.4 Å². The summed E-state index contributed by atoms with van der Waals surface area (Å²) in [6, 6.07) is 21.2. The maximum Gasteiger partial charge on any atom is 0.408 e. The number of ether oxygens (including phenoxy) is 2. The van der Waals surface area contributed by atoms with Gasteiger partial charge in [-0.3, -0.25) is 19.2 Å². The summed E-state index contributed by atoms with van der Waals surface area (Å²) in [5.74, 6) is -1.75. The van der Waals surface area contributed by atoms with E-state index in [1.54, 1.807) is 54.8 Å². The third kappa shape index (κ3) is 13.7. The topological polar surface area (TPSA) is 134 Å². The van der Waals surface area contributed by atoms with Gasteiger partial charge in [0.15, 0.2) is 0 Å². The van der Waals surface area contributed by atoms with E-state index in [2.05, 4.69) is 10.6 Å². The van der Waals surface area contributed by atoms with Gasteiger partial charge in [-0.05, 0) is 82.9 Å². The predicted molar refractivity (Wildman–Crippen MR) is 207 cm³/mol. The molecule has 0 saturated carbocycles. The van der Waals surface area contributed by atoms with Crippen molar-refractivity contribution >= 4 is 40.6 Å². The van der Waals surface area contributed by atoms with Gasteiger partial charge in [-0.2, -0.15) is 0 Å². The maximum absolute atomic E-state index is 14.6. The molecule has 0 saturated heterocycles. The number of alkyl carbamates (subject to hydrolysis) is 1. The SMILES string of the molecule is CC(=O)OC(C)(C)CNC(=O)[C@@H](Cc1ccccc1)N(C)C(=O)[C@@H](Cc1ccc2ccccc2c1)N(C)C(=O)C=CCC(C)(C)NC(=O)OC(C)(C)C. The number of benzene rings is 3. The highest BCUT2D eigenvalue weighted by Gasteiger charge is 2.36. The summed E-state index contributed by atoms with van der Waals surface area (Å²) in [4.78, 5) is 69.0. The van der Waals surface area contributed by atoms with Gasteiger partial charge in [0, 0.05) is 39.4 Å². The fourth-order valence-corrected chi connectivity index (χ4v) is 5.81. The first-order valence-corrected chi connectivity index (χ1v) is 17.9. The fourth-order valence-electron chi connectivity index (χ4n) is 5.81. The molecule has 0 unspecified atom stereocenters. The summed E-state index contributed by atoms with van der Waals surface area (Å²) >= 11 is 0. The van der Waals surface area contributed by atoms with E-state index in [0.29, 0.717) is 6.42 Å². The van der Waals surface area contributed by atoms with E-state index in [1.807, 2.05) is 86.6 Å². The van der Waals surface area contributed by atoms with Crippen LogP contribution in [0.15, 0.2) is 84.9 Å². The Hall–Kier alpha value is -5.19. The largest absolute Gasteiger partial charge is 0.458 e. The van der Waals surface area contributed by atoms with Gasteiger partial charge in [-0.15, -0.1) is 0 Å². The molecule has 286 valence electrons. The van der Waals surface area contributed by atoms with Crippen molar-refractivity contribution in [1.82, 2.24) is 20.4 Å². The molecule has 4 amide bonds. The van der Waals surface area contributed by atoms with Crippen LogP contribution in [-0.4, -0.2) is 89.0 Å². The lowest BCUT2D eigenvalue weighted by molar-refractivity contribution is -0.154. The summed E-state index contributed by atoms with van der Waals surface area (Å²) in [5, 5.41) is 7.74. The van der Waals surface area contributed by atoms with Crippen LogP contribution < -0.4 is 10.6 Å². The molecule has 3 aromatic rings. The molecule has 0 aliphatic rings. The third-order valence-corrected chi connectivity index (χ3v) is 8.57. The van der Waals surface area contributed by atoms with Gasteiger partial charge < -0.3 is 29.9 Å². The average Bonchev–Trinajstić information content (AvgIpc) is 3.06. The van der Waals surface area contributed by atoms with Gasteiger partial charge in [0.2, 0.25) is 17.7 Å². The van der Waals surface area contributed by atoms with Gasteiger partial charge in [-0.1, -0.05) is 78.9 Å². The Morgan fingerprint density at radius 3 is 1.96 bits per heavy atom. The summed E-state index contributed by atoms with van der Waals surface area (Å²) in [6.45, 7) is 13.7. The molecule has 0 heterocycles. The standard InChI is InChI=1S/C42H56N4O7/c1-29(47)52-42(7,8)28-43-37(49)34(26-30-17-12-11-13-18-30)46(10)38(50)35(27-31-22-23-32-19-14-15-20-33(32)25-31)45(9)36(48)21-16-24-41(5,6)44-39(51)53-40(2,3)4/h11-23,25,34-35H,24,26-28H2,1-10H3,(H,43,49)(H,44,51)/t34-,35-/m1/s1. The molecule has 0 spiro atoms. The van der Waals surface area contributed by atoms with Crippen LogP contribution >= 0.6 is 0 Å². The molecule has 2 atom stereocenters. The second-order valence-electron chi connectivity index (χ2n) is 15.7. The van der Waals surface area contributed by atoms with Crippen molar-refractivity contribution < 1.29 is 33.4 Å².